The number of para-hydroxylation sites is 5. The molecule has 0 radical (unpaired) electrons. The van der Waals surface area contributed by atoms with Gasteiger partial charge in [-0.2, -0.15) is 10.5 Å². The second kappa shape index (κ2) is 11.1. The van der Waals surface area contributed by atoms with E-state index >= 15 is 0 Å². The summed E-state index contributed by atoms with van der Waals surface area (Å²) in [6.45, 7) is 2.04. The lowest BCUT2D eigenvalue weighted by atomic mass is 10.1. The van der Waals surface area contributed by atoms with Crippen molar-refractivity contribution < 1.29 is 0 Å². The summed E-state index contributed by atoms with van der Waals surface area (Å²) >= 11 is 0. The first-order chi connectivity index (χ1) is 24.7. The molecule has 0 amide bonds. The third-order valence-corrected chi connectivity index (χ3v) is 9.68. The molecular weight excluding hydrogens is 613 g/mol. The van der Waals surface area contributed by atoms with Crippen LogP contribution in [0.15, 0.2) is 127 Å². The molecule has 0 spiro atoms. The monoisotopic (exact) mass is 638 g/mol. The molecule has 9 aromatic rings. The maximum absolute atomic E-state index is 11.3. The fourth-order valence-corrected chi connectivity index (χ4v) is 7.59. The number of aromatic nitrogens is 4. The van der Waals surface area contributed by atoms with Crippen molar-refractivity contribution in [1.29, 1.82) is 10.5 Å². The smallest absolute Gasteiger partial charge is 0.160 e. The average molecular weight is 639 g/mol. The van der Waals surface area contributed by atoms with Crippen LogP contribution in [-0.2, 0) is 0 Å². The summed E-state index contributed by atoms with van der Waals surface area (Å²) in [6.07, 6.45) is 9.27. The van der Waals surface area contributed by atoms with E-state index < -0.39 is 0 Å². The highest BCUT2D eigenvalue weighted by atomic mass is 15.2. The van der Waals surface area contributed by atoms with E-state index in [4.69, 9.17) is 11.4 Å². The van der Waals surface area contributed by atoms with Crippen molar-refractivity contribution in [1.82, 2.24) is 18.7 Å². The Labute approximate surface area is 287 Å². The van der Waals surface area contributed by atoms with E-state index in [0.717, 1.165) is 65.8 Å². The number of pyridine rings is 1. The zero-order valence-corrected chi connectivity index (χ0v) is 27.0. The van der Waals surface area contributed by atoms with Gasteiger partial charge in [0.25, 0.3) is 0 Å². The number of fused-ring (bicyclic) bond motifs is 7. The van der Waals surface area contributed by atoms with Gasteiger partial charge in [-0.05, 0) is 55.0 Å². The lowest BCUT2D eigenvalue weighted by molar-refractivity contribution is 0.969. The van der Waals surface area contributed by atoms with Crippen molar-refractivity contribution in [3.05, 3.63) is 150 Å². The predicted octanol–water partition coefficient (Wildman–Crippen LogP) is 9.92. The zero-order valence-electron chi connectivity index (χ0n) is 27.0. The van der Waals surface area contributed by atoms with E-state index in [1.165, 1.54) is 0 Å². The fourth-order valence-electron chi connectivity index (χ4n) is 7.59. The predicted molar refractivity (Wildman–Crippen MR) is 202 cm³/mol. The van der Waals surface area contributed by atoms with Crippen LogP contribution < -0.4 is 0 Å². The van der Waals surface area contributed by atoms with Crippen molar-refractivity contribution in [2.75, 3.05) is 0 Å². The van der Waals surface area contributed by atoms with Crippen molar-refractivity contribution >= 4 is 60.6 Å². The molecule has 0 aliphatic rings. The van der Waals surface area contributed by atoms with Crippen LogP contribution in [0.2, 0.25) is 0 Å². The molecule has 0 saturated heterocycles. The molecule has 232 valence electrons. The van der Waals surface area contributed by atoms with Crippen molar-refractivity contribution in [3.63, 3.8) is 0 Å². The summed E-state index contributed by atoms with van der Waals surface area (Å²) in [5, 5.41) is 27.7. The minimum atomic E-state index is 0.272. The zero-order chi connectivity index (χ0) is 33.9. The van der Waals surface area contributed by atoms with E-state index in [-0.39, 0.29) is 11.1 Å². The van der Waals surface area contributed by atoms with Gasteiger partial charge < -0.3 is 4.57 Å². The van der Waals surface area contributed by atoms with Crippen LogP contribution in [0.3, 0.4) is 0 Å². The topological polar surface area (TPSA) is 75.3 Å². The van der Waals surface area contributed by atoms with Gasteiger partial charge in [-0.15, -0.1) is 6.42 Å². The van der Waals surface area contributed by atoms with Gasteiger partial charge in [0.15, 0.2) is 11.6 Å². The number of aryl methyl sites for hydroxylation is 1. The Kier molecular flexibility index (Phi) is 6.43. The summed E-state index contributed by atoms with van der Waals surface area (Å²) in [5.41, 5.74) is 7.22. The number of benzene rings is 5. The number of nitriles is 2. The standard InChI is InChI=1S/C44H26N6/c1-3-4-20-36-28(2)29-15-5-10-21-37(29)48(36)42-34(26-45)43(49-38-22-11-6-16-30(38)31-17-7-12-23-39(31)49)47-44(35(42)27-46)50-40-24-13-8-18-32(40)33-19-9-14-25-41(33)50/h1,4-25H,2H3/b20-4-. The quantitative estimate of drug-likeness (QED) is 0.180. The van der Waals surface area contributed by atoms with Gasteiger partial charge >= 0.3 is 0 Å². The highest BCUT2D eigenvalue weighted by Crippen LogP contribution is 2.41. The molecule has 6 nitrogen and oxygen atoms in total. The first kappa shape index (κ1) is 28.9. The minimum Gasteiger partial charge on any atom is -0.307 e. The second-order valence-corrected chi connectivity index (χ2v) is 12.2. The highest BCUT2D eigenvalue weighted by molar-refractivity contribution is 6.11. The van der Waals surface area contributed by atoms with Crippen LogP contribution in [0.5, 0.6) is 0 Å². The molecule has 0 bridgehead atoms. The van der Waals surface area contributed by atoms with Crippen molar-refractivity contribution in [2.45, 2.75) is 6.92 Å². The molecule has 5 aromatic carbocycles. The number of hydrogen-bond acceptors (Lipinski definition) is 3. The van der Waals surface area contributed by atoms with E-state index in [2.05, 4.69) is 57.5 Å². The van der Waals surface area contributed by atoms with Gasteiger partial charge in [-0.3, -0.25) is 9.13 Å². The van der Waals surface area contributed by atoms with Gasteiger partial charge in [0.2, 0.25) is 0 Å². The molecule has 50 heavy (non-hydrogen) atoms. The number of allylic oxidation sites excluding steroid dienone is 1. The summed E-state index contributed by atoms with van der Waals surface area (Å²) < 4.78 is 6.12. The molecule has 0 fully saturated rings. The van der Waals surface area contributed by atoms with Gasteiger partial charge in [0.05, 0.1) is 39.0 Å². The van der Waals surface area contributed by atoms with Crippen LogP contribution in [0.4, 0.5) is 0 Å². The van der Waals surface area contributed by atoms with Crippen LogP contribution in [-0.4, -0.2) is 18.7 Å². The lowest BCUT2D eigenvalue weighted by Crippen LogP contribution is -2.14. The van der Waals surface area contributed by atoms with E-state index in [1.54, 1.807) is 6.08 Å². The fraction of sp³-hybridized carbons (Fsp3) is 0.0227. The summed E-state index contributed by atoms with van der Waals surface area (Å²) in [6, 6.07) is 45.7. The highest BCUT2D eigenvalue weighted by Gasteiger charge is 2.29. The molecule has 0 N–H and O–H groups in total. The normalized spacial score (nSPS) is 11.6. The first-order valence-corrected chi connectivity index (χ1v) is 16.2. The molecule has 9 rings (SSSR count). The summed E-state index contributed by atoms with van der Waals surface area (Å²) in [7, 11) is 0. The molecule has 6 heteroatoms. The van der Waals surface area contributed by atoms with E-state index in [1.807, 2.05) is 109 Å². The SMILES string of the molecule is C#C/C=C\c1c(C)c2ccccc2n1-c1c(C#N)c(-n2c3ccccc3c3ccccc32)nc(-n2c3ccccc3c3ccccc32)c1C#N. The summed E-state index contributed by atoms with van der Waals surface area (Å²) in [4.78, 5) is 5.38. The molecule has 0 aliphatic heterocycles. The molecule has 0 aliphatic carbocycles. The van der Waals surface area contributed by atoms with Crippen LogP contribution >= 0.6 is 0 Å². The molecule has 4 heterocycles. The minimum absolute atomic E-state index is 0.272. The maximum Gasteiger partial charge on any atom is 0.160 e. The first-order valence-electron chi connectivity index (χ1n) is 16.2. The molecular formula is C44H26N6. The lowest BCUT2D eigenvalue weighted by Gasteiger charge is -2.20. The molecule has 0 saturated carbocycles. The van der Waals surface area contributed by atoms with Crippen LogP contribution in [0.1, 0.15) is 22.4 Å². The average Bonchev–Trinajstić information content (AvgIpc) is 3.78. The van der Waals surface area contributed by atoms with E-state index in [9.17, 15) is 10.5 Å². The molecule has 0 unspecified atom stereocenters. The second-order valence-electron chi connectivity index (χ2n) is 12.2. The third kappa shape index (κ3) is 3.93. The number of rotatable bonds is 4. The molecule has 4 aromatic heterocycles. The van der Waals surface area contributed by atoms with Gasteiger partial charge in [0.1, 0.15) is 23.3 Å². The summed E-state index contributed by atoms with van der Waals surface area (Å²) in [5.74, 6) is 3.48. The van der Waals surface area contributed by atoms with Gasteiger partial charge in [-0.1, -0.05) is 96.9 Å². The van der Waals surface area contributed by atoms with Crippen LogP contribution in [0.25, 0.3) is 77.9 Å². The Morgan fingerprint density at radius 1 is 0.540 bits per heavy atom. The molecule has 0 atom stereocenters. The number of hydrogen-bond donors (Lipinski definition) is 0. The Hall–Kier alpha value is -7.33. The number of nitrogens with zero attached hydrogens (tertiary/aromatic N) is 6. The largest absolute Gasteiger partial charge is 0.307 e. The van der Waals surface area contributed by atoms with Crippen molar-refractivity contribution in [3.8, 4) is 41.8 Å². The van der Waals surface area contributed by atoms with Gasteiger partial charge in [0, 0.05) is 26.9 Å². The third-order valence-electron chi connectivity index (χ3n) is 9.68. The Morgan fingerprint density at radius 3 is 1.28 bits per heavy atom. The number of terminal acetylenes is 1. The van der Waals surface area contributed by atoms with Crippen LogP contribution in [0, 0.1) is 41.9 Å². The van der Waals surface area contributed by atoms with E-state index in [0.29, 0.717) is 17.3 Å². The van der Waals surface area contributed by atoms with Crippen molar-refractivity contribution in [2.24, 2.45) is 0 Å². The maximum atomic E-state index is 11.3. The Morgan fingerprint density at radius 2 is 0.900 bits per heavy atom. The Balaban J connectivity index is 1.56. The van der Waals surface area contributed by atoms with Gasteiger partial charge in [-0.25, -0.2) is 4.98 Å². The Bertz CT molecular complexity index is 2780.